The van der Waals surface area contributed by atoms with E-state index in [1.165, 1.54) is 0 Å². The fraction of sp³-hybridized carbons (Fsp3) is 0.500. The van der Waals surface area contributed by atoms with Crippen LogP contribution in [0.15, 0.2) is 29.3 Å². The lowest BCUT2D eigenvalue weighted by Crippen LogP contribution is -2.34. The molecular weight excluding hydrogens is 423 g/mol. The van der Waals surface area contributed by atoms with Crippen molar-refractivity contribution in [1.82, 2.24) is 10.6 Å². The van der Waals surface area contributed by atoms with Crippen LogP contribution < -0.4 is 21.1 Å². The third-order valence-electron chi connectivity index (χ3n) is 3.02. The van der Waals surface area contributed by atoms with Crippen molar-refractivity contribution < 1.29 is 14.3 Å². The number of methoxy groups -OCH3 is 1. The van der Waals surface area contributed by atoms with Gasteiger partial charge in [0.1, 0.15) is 12.3 Å². The number of ether oxygens (including phenoxy) is 2. The maximum absolute atomic E-state index is 11.7. The van der Waals surface area contributed by atoms with Gasteiger partial charge in [-0.3, -0.25) is 4.79 Å². The summed E-state index contributed by atoms with van der Waals surface area (Å²) >= 11 is 0. The number of benzene rings is 1. The minimum Gasteiger partial charge on any atom is -0.497 e. The number of carbonyl (C=O) groups excluding carboxylic acids is 1. The van der Waals surface area contributed by atoms with Crippen LogP contribution >= 0.6 is 24.0 Å². The van der Waals surface area contributed by atoms with Crippen molar-refractivity contribution in [2.75, 3.05) is 33.4 Å². The number of rotatable bonds is 10. The van der Waals surface area contributed by atoms with Crippen molar-refractivity contribution in [3.8, 4) is 5.75 Å². The van der Waals surface area contributed by atoms with Crippen LogP contribution in [0.2, 0.25) is 0 Å². The second-order valence-corrected chi connectivity index (χ2v) is 4.80. The van der Waals surface area contributed by atoms with Crippen molar-refractivity contribution in [1.29, 1.82) is 0 Å². The molecule has 24 heavy (non-hydrogen) atoms. The van der Waals surface area contributed by atoms with E-state index >= 15 is 0 Å². The molecule has 8 heteroatoms. The number of halogens is 1. The second-order valence-electron chi connectivity index (χ2n) is 4.80. The first-order chi connectivity index (χ1) is 11.2. The number of nitrogens with zero attached hydrogens (tertiary/aromatic N) is 1. The summed E-state index contributed by atoms with van der Waals surface area (Å²) in [4.78, 5) is 15.7. The molecule has 1 amide bonds. The molecular formula is C16H27IN4O3. The third-order valence-corrected chi connectivity index (χ3v) is 3.02. The molecule has 0 aromatic heterocycles. The molecule has 1 aromatic carbocycles. The zero-order valence-corrected chi connectivity index (χ0v) is 16.5. The van der Waals surface area contributed by atoms with E-state index in [9.17, 15) is 4.79 Å². The smallest absolute Gasteiger partial charge is 0.242 e. The highest BCUT2D eigenvalue weighted by molar-refractivity contribution is 14.0. The summed E-state index contributed by atoms with van der Waals surface area (Å²) in [6.07, 6.45) is 0.841. The summed E-state index contributed by atoms with van der Waals surface area (Å²) in [5.74, 6) is 0.869. The molecule has 0 aliphatic heterocycles. The van der Waals surface area contributed by atoms with E-state index in [-0.39, 0.29) is 42.4 Å². The van der Waals surface area contributed by atoms with Crippen LogP contribution in [0.1, 0.15) is 18.9 Å². The zero-order valence-electron chi connectivity index (χ0n) is 14.2. The molecule has 1 rings (SSSR count). The predicted molar refractivity (Wildman–Crippen MR) is 106 cm³/mol. The summed E-state index contributed by atoms with van der Waals surface area (Å²) in [6.45, 7) is 4.45. The van der Waals surface area contributed by atoms with E-state index in [0.29, 0.717) is 26.3 Å². The number of hydrogen-bond acceptors (Lipinski definition) is 4. The van der Waals surface area contributed by atoms with Crippen LogP contribution in [0.3, 0.4) is 0 Å². The van der Waals surface area contributed by atoms with Crippen LogP contribution in [0, 0.1) is 0 Å². The highest BCUT2D eigenvalue weighted by Gasteiger charge is 2.01. The molecule has 7 nitrogen and oxygen atoms in total. The monoisotopic (exact) mass is 450 g/mol. The Morgan fingerprint density at radius 3 is 2.58 bits per heavy atom. The Labute approximate surface area is 160 Å². The van der Waals surface area contributed by atoms with Gasteiger partial charge in [-0.25, -0.2) is 4.99 Å². The van der Waals surface area contributed by atoms with Gasteiger partial charge in [0.05, 0.1) is 7.11 Å². The topological polar surface area (TPSA) is 98.0 Å². The van der Waals surface area contributed by atoms with Crippen LogP contribution in [0.5, 0.6) is 5.75 Å². The van der Waals surface area contributed by atoms with E-state index in [1.54, 1.807) is 7.11 Å². The van der Waals surface area contributed by atoms with Gasteiger partial charge in [0.2, 0.25) is 5.91 Å². The summed E-state index contributed by atoms with van der Waals surface area (Å²) < 4.78 is 10.3. The average molecular weight is 450 g/mol. The van der Waals surface area contributed by atoms with Gasteiger partial charge in [-0.2, -0.15) is 0 Å². The van der Waals surface area contributed by atoms with Crippen LogP contribution in [-0.4, -0.2) is 45.3 Å². The number of guanidine groups is 1. The predicted octanol–water partition coefficient (Wildman–Crippen LogP) is 1.26. The van der Waals surface area contributed by atoms with Gasteiger partial charge in [-0.05, 0) is 31.0 Å². The lowest BCUT2D eigenvalue weighted by atomic mass is 10.2. The Morgan fingerprint density at radius 2 is 1.96 bits per heavy atom. The normalized spacial score (nSPS) is 10.7. The third kappa shape index (κ3) is 10.3. The lowest BCUT2D eigenvalue weighted by Gasteiger charge is -2.07. The maximum Gasteiger partial charge on any atom is 0.242 e. The van der Waals surface area contributed by atoms with Gasteiger partial charge in [0, 0.05) is 26.3 Å². The molecule has 0 aliphatic carbocycles. The number of amides is 1. The summed E-state index contributed by atoms with van der Waals surface area (Å²) in [6, 6.07) is 7.50. The molecule has 1 aromatic rings. The number of hydrogen-bond donors (Lipinski definition) is 3. The van der Waals surface area contributed by atoms with Gasteiger partial charge in [0.15, 0.2) is 5.96 Å². The number of aliphatic imine (C=N–C) groups is 1. The van der Waals surface area contributed by atoms with Crippen molar-refractivity contribution in [2.24, 2.45) is 10.7 Å². The minimum absolute atomic E-state index is 0. The zero-order chi connectivity index (χ0) is 16.9. The fourth-order valence-electron chi connectivity index (χ4n) is 1.75. The first kappa shape index (κ1) is 22.4. The second kappa shape index (κ2) is 13.8. The molecule has 0 heterocycles. The first-order valence-corrected chi connectivity index (χ1v) is 7.67. The Bertz CT molecular complexity index is 495. The first-order valence-electron chi connectivity index (χ1n) is 7.67. The molecule has 0 aliphatic rings. The molecule has 0 saturated heterocycles. The average Bonchev–Trinajstić information content (AvgIpc) is 2.58. The van der Waals surface area contributed by atoms with E-state index in [0.717, 1.165) is 17.7 Å². The van der Waals surface area contributed by atoms with E-state index in [1.807, 2.05) is 31.2 Å². The standard InChI is InChI=1S/C16H26N4O3.HI/c1-3-23-10-4-9-18-16(17)20-12-15(21)19-11-13-5-7-14(22-2)8-6-13;/h5-8H,3-4,9-12H2,1-2H3,(H,19,21)(H3,17,18,20);1H. The molecule has 0 bridgehead atoms. The lowest BCUT2D eigenvalue weighted by molar-refractivity contribution is -0.119. The van der Waals surface area contributed by atoms with Gasteiger partial charge in [-0.1, -0.05) is 12.1 Å². The minimum atomic E-state index is -0.181. The fourth-order valence-corrected chi connectivity index (χ4v) is 1.75. The van der Waals surface area contributed by atoms with Gasteiger partial charge in [0.25, 0.3) is 0 Å². The molecule has 0 fully saturated rings. The van der Waals surface area contributed by atoms with Crippen LogP contribution in [0.25, 0.3) is 0 Å². The molecule has 4 N–H and O–H groups in total. The molecule has 0 saturated carbocycles. The van der Waals surface area contributed by atoms with E-state index < -0.39 is 0 Å². The summed E-state index contributed by atoms with van der Waals surface area (Å²) in [7, 11) is 1.62. The van der Waals surface area contributed by atoms with Crippen molar-refractivity contribution in [3.63, 3.8) is 0 Å². The number of carbonyl (C=O) groups is 1. The molecule has 0 radical (unpaired) electrons. The highest BCUT2D eigenvalue weighted by Crippen LogP contribution is 2.10. The Morgan fingerprint density at radius 1 is 1.25 bits per heavy atom. The summed E-state index contributed by atoms with van der Waals surface area (Å²) in [5, 5.41) is 5.72. The maximum atomic E-state index is 11.7. The SMILES string of the molecule is CCOCCCNC(N)=NCC(=O)NCc1ccc(OC)cc1.I. The van der Waals surface area contributed by atoms with Crippen LogP contribution in [0.4, 0.5) is 0 Å². The summed E-state index contributed by atoms with van der Waals surface area (Å²) in [5.41, 5.74) is 6.67. The number of nitrogens with two attached hydrogens (primary N) is 1. The van der Waals surface area contributed by atoms with Gasteiger partial charge in [-0.15, -0.1) is 24.0 Å². The van der Waals surface area contributed by atoms with E-state index in [4.69, 9.17) is 15.2 Å². The Kier molecular flexibility index (Phi) is 13.0. The van der Waals surface area contributed by atoms with Crippen molar-refractivity contribution in [2.45, 2.75) is 19.9 Å². The van der Waals surface area contributed by atoms with E-state index in [2.05, 4.69) is 15.6 Å². The van der Waals surface area contributed by atoms with Gasteiger partial charge >= 0.3 is 0 Å². The van der Waals surface area contributed by atoms with Crippen LogP contribution in [-0.2, 0) is 16.1 Å². The Balaban J connectivity index is 0.00000529. The van der Waals surface area contributed by atoms with Crippen molar-refractivity contribution >= 4 is 35.8 Å². The Hall–Kier alpha value is -1.55. The molecule has 0 spiro atoms. The largest absolute Gasteiger partial charge is 0.497 e. The molecule has 136 valence electrons. The molecule has 0 atom stereocenters. The van der Waals surface area contributed by atoms with Gasteiger partial charge < -0.3 is 25.8 Å². The molecule has 0 unspecified atom stereocenters. The highest BCUT2D eigenvalue weighted by atomic mass is 127. The quantitative estimate of drug-likeness (QED) is 0.216. The number of nitrogens with one attached hydrogen (secondary N) is 2. The van der Waals surface area contributed by atoms with Crippen molar-refractivity contribution in [3.05, 3.63) is 29.8 Å².